The topological polar surface area (TPSA) is 51.3 Å². The number of nitrogens with zero attached hydrogens (tertiary/aromatic N) is 2. The number of allylic oxidation sites excluding steroid dienone is 2. The van der Waals surface area contributed by atoms with Crippen LogP contribution in [0.3, 0.4) is 0 Å². The fraction of sp³-hybridized carbons (Fsp3) is 0.500. The predicted molar refractivity (Wildman–Crippen MR) is 78.9 cm³/mol. The first-order chi connectivity index (χ1) is 9.65. The van der Waals surface area contributed by atoms with Gasteiger partial charge in [0.05, 0.1) is 11.4 Å². The highest BCUT2D eigenvalue weighted by Crippen LogP contribution is 2.37. The molecule has 2 N–H and O–H groups in total. The van der Waals surface area contributed by atoms with Crippen molar-refractivity contribution in [2.45, 2.75) is 45.1 Å². The lowest BCUT2D eigenvalue weighted by Gasteiger charge is -2.20. The number of aliphatic imine (C=N–C) groups is 1. The Morgan fingerprint density at radius 3 is 2.65 bits per heavy atom. The van der Waals surface area contributed by atoms with E-state index in [9.17, 15) is 4.39 Å². The van der Waals surface area contributed by atoms with Crippen LogP contribution in [0.4, 0.5) is 4.39 Å². The van der Waals surface area contributed by atoms with Gasteiger partial charge in [0.2, 0.25) is 0 Å². The lowest BCUT2D eigenvalue weighted by atomic mass is 9.94. The van der Waals surface area contributed by atoms with Gasteiger partial charge >= 0.3 is 0 Å². The van der Waals surface area contributed by atoms with E-state index in [1.807, 2.05) is 6.21 Å². The van der Waals surface area contributed by atoms with Crippen LogP contribution in [-0.2, 0) is 0 Å². The molecule has 0 radical (unpaired) electrons. The third kappa shape index (κ3) is 2.74. The zero-order chi connectivity index (χ0) is 14.1. The third-order valence-electron chi connectivity index (χ3n) is 4.11. The molecular weight excluding hydrogens is 253 g/mol. The van der Waals surface area contributed by atoms with Crippen LogP contribution < -0.4 is 5.73 Å². The molecule has 0 bridgehead atoms. The van der Waals surface area contributed by atoms with Crippen molar-refractivity contribution < 1.29 is 4.39 Å². The molecule has 20 heavy (non-hydrogen) atoms. The SMILES string of the molecule is Cc1nc(C(C=NC2CCC2)=C(N)C2CC2)ccc1F. The first-order valence-electron chi connectivity index (χ1n) is 7.31. The van der Waals surface area contributed by atoms with Crippen molar-refractivity contribution >= 4 is 11.8 Å². The van der Waals surface area contributed by atoms with Gasteiger partial charge in [-0.1, -0.05) is 0 Å². The number of hydrogen-bond donors (Lipinski definition) is 1. The minimum absolute atomic E-state index is 0.283. The van der Waals surface area contributed by atoms with E-state index in [1.54, 1.807) is 13.0 Å². The molecule has 3 nitrogen and oxygen atoms in total. The summed E-state index contributed by atoms with van der Waals surface area (Å²) < 4.78 is 13.4. The molecule has 2 saturated carbocycles. The number of nitrogens with two attached hydrogens (primary N) is 1. The minimum Gasteiger partial charge on any atom is -0.401 e. The summed E-state index contributed by atoms with van der Waals surface area (Å²) in [5.41, 5.74) is 9.11. The maximum Gasteiger partial charge on any atom is 0.144 e. The van der Waals surface area contributed by atoms with E-state index in [2.05, 4.69) is 9.98 Å². The Labute approximate surface area is 118 Å². The molecule has 0 atom stereocenters. The van der Waals surface area contributed by atoms with Crippen LogP contribution in [0.15, 0.2) is 22.8 Å². The number of pyridine rings is 1. The molecule has 3 rings (SSSR count). The largest absolute Gasteiger partial charge is 0.401 e. The molecular formula is C16H20FN3. The van der Waals surface area contributed by atoms with Gasteiger partial charge in [-0.25, -0.2) is 9.37 Å². The summed E-state index contributed by atoms with van der Waals surface area (Å²) in [7, 11) is 0. The highest BCUT2D eigenvalue weighted by molar-refractivity contribution is 6.10. The smallest absolute Gasteiger partial charge is 0.144 e. The van der Waals surface area contributed by atoms with E-state index < -0.39 is 0 Å². The molecule has 4 heteroatoms. The van der Waals surface area contributed by atoms with Crippen LogP contribution in [0, 0.1) is 18.7 Å². The maximum absolute atomic E-state index is 13.4. The van der Waals surface area contributed by atoms with Crippen molar-refractivity contribution in [3.05, 3.63) is 35.0 Å². The summed E-state index contributed by atoms with van der Waals surface area (Å²) in [5, 5.41) is 0. The van der Waals surface area contributed by atoms with E-state index in [1.165, 1.54) is 12.5 Å². The van der Waals surface area contributed by atoms with E-state index in [0.717, 1.165) is 42.6 Å². The number of rotatable bonds is 4. The van der Waals surface area contributed by atoms with Gasteiger partial charge in [0.25, 0.3) is 0 Å². The second-order valence-electron chi connectivity index (χ2n) is 5.77. The van der Waals surface area contributed by atoms with Gasteiger partial charge in [-0.2, -0.15) is 0 Å². The van der Waals surface area contributed by atoms with Crippen LogP contribution in [0.5, 0.6) is 0 Å². The van der Waals surface area contributed by atoms with Crippen molar-refractivity contribution in [2.75, 3.05) is 0 Å². The number of aryl methyl sites for hydroxylation is 1. The Kier molecular flexibility index (Phi) is 3.55. The van der Waals surface area contributed by atoms with Crippen molar-refractivity contribution in [1.82, 2.24) is 4.98 Å². The van der Waals surface area contributed by atoms with Gasteiger partial charge in [-0.15, -0.1) is 0 Å². The van der Waals surface area contributed by atoms with Crippen molar-refractivity contribution in [3.63, 3.8) is 0 Å². The Morgan fingerprint density at radius 2 is 2.10 bits per heavy atom. The molecule has 2 aliphatic rings. The van der Waals surface area contributed by atoms with Gasteiger partial charge in [0, 0.05) is 23.5 Å². The van der Waals surface area contributed by atoms with Crippen LogP contribution in [0.2, 0.25) is 0 Å². The normalized spacial score (nSPS) is 20.9. The van der Waals surface area contributed by atoms with Gasteiger partial charge in [0.1, 0.15) is 5.82 Å². The molecule has 2 fully saturated rings. The summed E-state index contributed by atoms with van der Waals surface area (Å²) in [4.78, 5) is 8.91. The summed E-state index contributed by atoms with van der Waals surface area (Å²) in [5.74, 6) is 0.166. The van der Waals surface area contributed by atoms with Crippen LogP contribution in [0.25, 0.3) is 5.57 Å². The van der Waals surface area contributed by atoms with E-state index in [-0.39, 0.29) is 5.82 Å². The lowest BCUT2D eigenvalue weighted by Crippen LogP contribution is -2.15. The summed E-state index contributed by atoms with van der Waals surface area (Å²) in [6.45, 7) is 1.67. The summed E-state index contributed by atoms with van der Waals surface area (Å²) in [6, 6.07) is 3.58. The Balaban J connectivity index is 1.93. The predicted octanol–water partition coefficient (Wildman–Crippen LogP) is 3.23. The van der Waals surface area contributed by atoms with Crippen molar-refractivity contribution in [1.29, 1.82) is 0 Å². The summed E-state index contributed by atoms with van der Waals surface area (Å²) >= 11 is 0. The second-order valence-corrected chi connectivity index (χ2v) is 5.77. The quantitative estimate of drug-likeness (QED) is 0.856. The standard InChI is InChI=1S/C16H20FN3/c1-10-14(17)7-8-15(20-10)13(16(18)11-5-6-11)9-19-12-3-2-4-12/h7-9,11-12H,2-6,18H2,1H3. The van der Waals surface area contributed by atoms with Crippen LogP contribution in [0.1, 0.15) is 43.5 Å². The van der Waals surface area contributed by atoms with Crippen LogP contribution in [-0.4, -0.2) is 17.2 Å². The van der Waals surface area contributed by atoms with E-state index in [0.29, 0.717) is 17.7 Å². The second kappa shape index (κ2) is 5.35. The zero-order valence-corrected chi connectivity index (χ0v) is 11.8. The molecule has 0 amide bonds. The van der Waals surface area contributed by atoms with Gasteiger partial charge in [-0.05, 0) is 57.1 Å². The molecule has 0 unspecified atom stereocenters. The Bertz CT molecular complexity index is 569. The van der Waals surface area contributed by atoms with Crippen molar-refractivity contribution in [2.24, 2.45) is 16.6 Å². The maximum atomic E-state index is 13.4. The average molecular weight is 273 g/mol. The first kappa shape index (κ1) is 13.3. The van der Waals surface area contributed by atoms with E-state index in [4.69, 9.17) is 5.73 Å². The lowest BCUT2D eigenvalue weighted by molar-refractivity contribution is 0.421. The molecule has 1 heterocycles. The zero-order valence-electron chi connectivity index (χ0n) is 11.8. The molecule has 0 aliphatic heterocycles. The fourth-order valence-electron chi connectivity index (χ4n) is 2.31. The minimum atomic E-state index is -0.283. The molecule has 0 saturated heterocycles. The molecule has 0 aromatic carbocycles. The number of hydrogen-bond acceptors (Lipinski definition) is 3. The van der Waals surface area contributed by atoms with Gasteiger partial charge in [-0.3, -0.25) is 4.99 Å². The summed E-state index contributed by atoms with van der Waals surface area (Å²) in [6.07, 6.45) is 7.69. The van der Waals surface area contributed by atoms with E-state index >= 15 is 0 Å². The number of halogens is 1. The molecule has 106 valence electrons. The highest BCUT2D eigenvalue weighted by Gasteiger charge is 2.27. The van der Waals surface area contributed by atoms with Crippen LogP contribution >= 0.6 is 0 Å². The molecule has 1 aromatic heterocycles. The first-order valence-corrected chi connectivity index (χ1v) is 7.31. The molecule has 1 aromatic rings. The molecule has 0 spiro atoms. The van der Waals surface area contributed by atoms with Gasteiger partial charge < -0.3 is 5.73 Å². The fourth-order valence-corrected chi connectivity index (χ4v) is 2.31. The number of aromatic nitrogens is 1. The monoisotopic (exact) mass is 273 g/mol. The highest BCUT2D eigenvalue weighted by atomic mass is 19.1. The Hall–Kier alpha value is -1.71. The van der Waals surface area contributed by atoms with Gasteiger partial charge in [0.15, 0.2) is 0 Å². The van der Waals surface area contributed by atoms with Crippen molar-refractivity contribution in [3.8, 4) is 0 Å². The molecule has 2 aliphatic carbocycles. The Morgan fingerprint density at radius 1 is 1.35 bits per heavy atom. The third-order valence-corrected chi connectivity index (χ3v) is 4.11. The average Bonchev–Trinajstić information content (AvgIpc) is 3.19.